The van der Waals surface area contributed by atoms with E-state index in [1.165, 1.54) is 6.08 Å². The number of carbonyl (C=O) groups is 2. The van der Waals surface area contributed by atoms with E-state index in [-0.39, 0.29) is 18.0 Å². The summed E-state index contributed by atoms with van der Waals surface area (Å²) in [7, 11) is 0. The number of nitrogens with one attached hydrogen (secondary N) is 1. The average molecular weight is 408 g/mol. The van der Waals surface area contributed by atoms with Gasteiger partial charge in [0.1, 0.15) is 12.4 Å². The summed E-state index contributed by atoms with van der Waals surface area (Å²) in [5.41, 5.74) is 2.00. The minimum absolute atomic E-state index is 0.0633. The molecule has 158 valence electrons. The van der Waals surface area contributed by atoms with Crippen LogP contribution in [0.3, 0.4) is 0 Å². The maximum Gasteiger partial charge on any atom is 0.409 e. The second-order valence-electron chi connectivity index (χ2n) is 7.15. The van der Waals surface area contributed by atoms with Gasteiger partial charge in [0.15, 0.2) is 0 Å². The lowest BCUT2D eigenvalue weighted by Crippen LogP contribution is -2.46. The van der Waals surface area contributed by atoms with Gasteiger partial charge in [-0.25, -0.2) is 4.79 Å². The van der Waals surface area contributed by atoms with E-state index in [0.717, 1.165) is 29.7 Å². The number of likely N-dealkylation sites (tertiary alicyclic amines) is 1. The zero-order valence-corrected chi connectivity index (χ0v) is 17.3. The van der Waals surface area contributed by atoms with Crippen LogP contribution in [0.1, 0.15) is 30.9 Å². The minimum Gasteiger partial charge on any atom is -0.489 e. The van der Waals surface area contributed by atoms with Crippen molar-refractivity contribution in [1.82, 2.24) is 10.2 Å². The summed E-state index contributed by atoms with van der Waals surface area (Å²) in [6.45, 7) is 3.85. The summed E-state index contributed by atoms with van der Waals surface area (Å²) in [6, 6.07) is 17.7. The zero-order chi connectivity index (χ0) is 21.2. The fraction of sp³-hybridized carbons (Fsp3) is 0.333. The lowest BCUT2D eigenvalue weighted by Gasteiger charge is -2.31. The Balaban J connectivity index is 1.45. The van der Waals surface area contributed by atoms with Gasteiger partial charge in [0, 0.05) is 25.2 Å². The van der Waals surface area contributed by atoms with Crippen LogP contribution in [-0.4, -0.2) is 42.6 Å². The smallest absolute Gasteiger partial charge is 0.409 e. The van der Waals surface area contributed by atoms with Crippen molar-refractivity contribution in [2.24, 2.45) is 0 Å². The molecule has 0 aromatic heterocycles. The van der Waals surface area contributed by atoms with E-state index in [9.17, 15) is 9.59 Å². The number of carbonyl (C=O) groups excluding carboxylic acids is 2. The molecule has 1 aliphatic heterocycles. The number of piperidine rings is 1. The van der Waals surface area contributed by atoms with Crippen LogP contribution in [-0.2, 0) is 16.1 Å². The van der Waals surface area contributed by atoms with E-state index in [1.54, 1.807) is 17.9 Å². The van der Waals surface area contributed by atoms with Crippen molar-refractivity contribution >= 4 is 18.1 Å². The fourth-order valence-electron chi connectivity index (χ4n) is 3.29. The first-order valence-corrected chi connectivity index (χ1v) is 10.3. The van der Waals surface area contributed by atoms with E-state index in [4.69, 9.17) is 9.47 Å². The number of rotatable bonds is 7. The Kier molecular flexibility index (Phi) is 7.89. The molecule has 2 aromatic carbocycles. The summed E-state index contributed by atoms with van der Waals surface area (Å²) in [5, 5.41) is 3.01. The molecule has 0 spiro atoms. The first-order chi connectivity index (χ1) is 14.6. The summed E-state index contributed by atoms with van der Waals surface area (Å²) in [4.78, 5) is 25.7. The Morgan fingerprint density at radius 1 is 1.10 bits per heavy atom. The molecule has 0 atom stereocenters. The maximum atomic E-state index is 12.3. The van der Waals surface area contributed by atoms with Crippen LogP contribution in [0.15, 0.2) is 60.7 Å². The first-order valence-electron chi connectivity index (χ1n) is 10.3. The van der Waals surface area contributed by atoms with Crippen LogP contribution >= 0.6 is 0 Å². The highest BCUT2D eigenvalue weighted by molar-refractivity contribution is 5.92. The molecule has 3 rings (SSSR count). The van der Waals surface area contributed by atoms with Crippen LogP contribution in [0.2, 0.25) is 0 Å². The molecule has 1 heterocycles. The molecule has 0 aliphatic carbocycles. The molecule has 0 saturated carbocycles. The van der Waals surface area contributed by atoms with E-state index in [0.29, 0.717) is 26.3 Å². The fourth-order valence-corrected chi connectivity index (χ4v) is 3.29. The number of hydrogen-bond acceptors (Lipinski definition) is 4. The third-order valence-corrected chi connectivity index (χ3v) is 4.90. The second kappa shape index (κ2) is 11.0. The van der Waals surface area contributed by atoms with E-state index in [1.807, 2.05) is 54.6 Å². The quantitative estimate of drug-likeness (QED) is 0.703. The highest BCUT2D eigenvalue weighted by atomic mass is 16.6. The third-order valence-electron chi connectivity index (χ3n) is 4.90. The molecule has 6 heteroatoms. The highest BCUT2D eigenvalue weighted by Crippen LogP contribution is 2.16. The molecule has 1 aliphatic rings. The first kappa shape index (κ1) is 21.4. The Bertz CT molecular complexity index is 859. The molecule has 1 saturated heterocycles. The average Bonchev–Trinajstić information content (AvgIpc) is 2.78. The molecular formula is C24H28N2O4. The van der Waals surface area contributed by atoms with Gasteiger partial charge in [-0.2, -0.15) is 0 Å². The van der Waals surface area contributed by atoms with E-state index >= 15 is 0 Å². The number of benzene rings is 2. The van der Waals surface area contributed by atoms with Gasteiger partial charge >= 0.3 is 6.09 Å². The van der Waals surface area contributed by atoms with Crippen LogP contribution in [0.4, 0.5) is 4.79 Å². The van der Waals surface area contributed by atoms with Gasteiger partial charge in [0.2, 0.25) is 5.91 Å². The SMILES string of the molecule is CCOC(=O)N1CCC(NC(=O)C=Cc2cccc(OCc3ccccc3)c2)CC1. The lowest BCUT2D eigenvalue weighted by molar-refractivity contribution is -0.117. The van der Waals surface area contributed by atoms with Gasteiger partial charge in [-0.1, -0.05) is 42.5 Å². The predicted octanol–water partition coefficient (Wildman–Crippen LogP) is 4.02. The Morgan fingerprint density at radius 2 is 1.87 bits per heavy atom. The number of nitrogens with zero attached hydrogens (tertiary/aromatic N) is 1. The standard InChI is InChI=1S/C24H28N2O4/c1-2-29-24(28)26-15-13-21(14-16-26)25-23(27)12-11-19-9-6-10-22(17-19)30-18-20-7-4-3-5-8-20/h3-12,17,21H,2,13-16,18H2,1H3,(H,25,27). The molecule has 0 unspecified atom stereocenters. The molecule has 0 radical (unpaired) electrons. The lowest BCUT2D eigenvalue weighted by atomic mass is 10.1. The second-order valence-corrected chi connectivity index (χ2v) is 7.15. The van der Waals surface area contributed by atoms with Gasteiger partial charge in [-0.05, 0) is 49.1 Å². The highest BCUT2D eigenvalue weighted by Gasteiger charge is 2.23. The van der Waals surface area contributed by atoms with Gasteiger partial charge in [0.05, 0.1) is 6.61 Å². The minimum atomic E-state index is -0.281. The predicted molar refractivity (Wildman–Crippen MR) is 116 cm³/mol. The Labute approximate surface area is 177 Å². The van der Waals surface area contributed by atoms with Crippen LogP contribution in [0.5, 0.6) is 5.75 Å². The number of hydrogen-bond donors (Lipinski definition) is 1. The van der Waals surface area contributed by atoms with Gasteiger partial charge in [-0.15, -0.1) is 0 Å². The van der Waals surface area contributed by atoms with Crippen molar-refractivity contribution in [1.29, 1.82) is 0 Å². The number of amides is 2. The van der Waals surface area contributed by atoms with E-state index < -0.39 is 0 Å². The van der Waals surface area contributed by atoms with Crippen molar-refractivity contribution in [3.05, 3.63) is 71.8 Å². The van der Waals surface area contributed by atoms with Gasteiger partial charge in [0.25, 0.3) is 0 Å². The van der Waals surface area contributed by atoms with Gasteiger partial charge < -0.3 is 19.7 Å². The summed E-state index contributed by atoms with van der Waals surface area (Å²) in [6.07, 6.45) is 4.48. The van der Waals surface area contributed by atoms with Crippen LogP contribution in [0.25, 0.3) is 6.08 Å². The molecule has 2 amide bonds. The van der Waals surface area contributed by atoms with Crippen molar-refractivity contribution < 1.29 is 19.1 Å². The van der Waals surface area contributed by atoms with Gasteiger partial charge in [-0.3, -0.25) is 4.79 Å². The van der Waals surface area contributed by atoms with Crippen molar-refractivity contribution in [3.8, 4) is 5.75 Å². The normalized spacial score (nSPS) is 14.5. The number of ether oxygens (including phenoxy) is 2. The summed E-state index contributed by atoms with van der Waals surface area (Å²) in [5.74, 6) is 0.618. The molecule has 2 aromatic rings. The zero-order valence-electron chi connectivity index (χ0n) is 17.3. The molecular weight excluding hydrogens is 380 g/mol. The Morgan fingerprint density at radius 3 is 2.60 bits per heavy atom. The van der Waals surface area contributed by atoms with Crippen LogP contribution in [0, 0.1) is 0 Å². The molecule has 1 fully saturated rings. The summed E-state index contributed by atoms with van der Waals surface area (Å²) < 4.78 is 10.8. The van der Waals surface area contributed by atoms with E-state index in [2.05, 4.69) is 5.32 Å². The Hall–Kier alpha value is -3.28. The monoisotopic (exact) mass is 408 g/mol. The molecule has 1 N–H and O–H groups in total. The van der Waals surface area contributed by atoms with Crippen molar-refractivity contribution in [3.63, 3.8) is 0 Å². The third kappa shape index (κ3) is 6.65. The topological polar surface area (TPSA) is 67.9 Å². The molecule has 30 heavy (non-hydrogen) atoms. The molecule has 6 nitrogen and oxygen atoms in total. The maximum absolute atomic E-state index is 12.3. The van der Waals surface area contributed by atoms with Crippen molar-refractivity contribution in [2.45, 2.75) is 32.4 Å². The molecule has 0 bridgehead atoms. The summed E-state index contributed by atoms with van der Waals surface area (Å²) >= 11 is 0. The van der Waals surface area contributed by atoms with Crippen LogP contribution < -0.4 is 10.1 Å². The van der Waals surface area contributed by atoms with Crippen molar-refractivity contribution in [2.75, 3.05) is 19.7 Å². The largest absolute Gasteiger partial charge is 0.489 e.